The summed E-state index contributed by atoms with van der Waals surface area (Å²) in [6.07, 6.45) is 1.56. The zero-order chi connectivity index (χ0) is 15.3. The van der Waals surface area contributed by atoms with Crippen LogP contribution in [-0.2, 0) is 10.0 Å². The summed E-state index contributed by atoms with van der Waals surface area (Å²) < 4.78 is 22.5. The first-order valence-corrected chi connectivity index (χ1v) is 7.88. The second-order valence-corrected chi connectivity index (χ2v) is 6.26. The van der Waals surface area contributed by atoms with E-state index in [0.29, 0.717) is 0 Å². The van der Waals surface area contributed by atoms with E-state index >= 15 is 0 Å². The molecule has 0 radical (unpaired) electrons. The standard InChI is InChI=1S/C6H7BrN2.C6H8N2O2S/c1-4-6(7)5(2)9-3-8-4;7-5-3-1-2-4-6(5)11(8,9)10/h3H,1-2H3;1-4H,7H2,(H2,8,9,10). The lowest BCUT2D eigenvalue weighted by atomic mass is 10.3. The molecule has 0 spiro atoms. The van der Waals surface area contributed by atoms with Gasteiger partial charge in [-0.25, -0.2) is 23.5 Å². The van der Waals surface area contributed by atoms with Gasteiger partial charge in [0.1, 0.15) is 11.2 Å². The summed E-state index contributed by atoms with van der Waals surface area (Å²) >= 11 is 3.35. The molecule has 1 aromatic carbocycles. The van der Waals surface area contributed by atoms with Crippen molar-refractivity contribution in [3.63, 3.8) is 0 Å². The lowest BCUT2D eigenvalue weighted by molar-refractivity contribution is 0.598. The highest BCUT2D eigenvalue weighted by atomic mass is 79.9. The molecule has 0 aliphatic carbocycles. The van der Waals surface area contributed by atoms with E-state index in [2.05, 4.69) is 25.9 Å². The smallest absolute Gasteiger partial charge is 0.240 e. The van der Waals surface area contributed by atoms with E-state index < -0.39 is 10.0 Å². The molecule has 0 aliphatic rings. The molecule has 20 heavy (non-hydrogen) atoms. The minimum absolute atomic E-state index is 0.0278. The maximum absolute atomic E-state index is 10.8. The molecule has 0 atom stereocenters. The largest absolute Gasteiger partial charge is 0.398 e. The van der Waals surface area contributed by atoms with E-state index in [1.807, 2.05) is 13.8 Å². The summed E-state index contributed by atoms with van der Waals surface area (Å²) in [7, 11) is -3.66. The number of hydrogen-bond donors (Lipinski definition) is 2. The Morgan fingerprint density at radius 2 is 1.60 bits per heavy atom. The van der Waals surface area contributed by atoms with Crippen LogP contribution in [0, 0.1) is 13.8 Å². The Balaban J connectivity index is 0.000000204. The highest BCUT2D eigenvalue weighted by Gasteiger charge is 2.09. The van der Waals surface area contributed by atoms with Crippen molar-refractivity contribution < 1.29 is 8.42 Å². The van der Waals surface area contributed by atoms with E-state index in [1.165, 1.54) is 12.1 Å². The Morgan fingerprint density at radius 1 is 1.10 bits per heavy atom. The Morgan fingerprint density at radius 3 is 1.95 bits per heavy atom. The van der Waals surface area contributed by atoms with Gasteiger partial charge in [-0.05, 0) is 41.9 Å². The minimum atomic E-state index is -3.66. The van der Waals surface area contributed by atoms with Crippen LogP contribution in [0.25, 0.3) is 0 Å². The van der Waals surface area contributed by atoms with Crippen LogP contribution < -0.4 is 10.9 Å². The zero-order valence-electron chi connectivity index (χ0n) is 11.0. The van der Waals surface area contributed by atoms with E-state index in [4.69, 9.17) is 10.9 Å². The first kappa shape index (κ1) is 16.5. The third-order valence-electron chi connectivity index (χ3n) is 2.36. The van der Waals surface area contributed by atoms with Crippen LogP contribution in [0.3, 0.4) is 0 Å². The predicted molar refractivity (Wildman–Crippen MR) is 81.4 cm³/mol. The molecular formula is C12H15BrN4O2S. The summed E-state index contributed by atoms with van der Waals surface area (Å²) in [5.41, 5.74) is 7.50. The Hall–Kier alpha value is -1.51. The normalized spacial score (nSPS) is 10.6. The number of nitrogens with two attached hydrogens (primary N) is 2. The van der Waals surface area contributed by atoms with Crippen LogP contribution in [0.1, 0.15) is 11.4 Å². The number of anilines is 1. The van der Waals surface area contributed by atoms with E-state index in [1.54, 1.807) is 18.5 Å². The number of aromatic nitrogens is 2. The van der Waals surface area contributed by atoms with Gasteiger partial charge in [0.2, 0.25) is 10.0 Å². The maximum atomic E-state index is 10.8. The van der Waals surface area contributed by atoms with Crippen LogP contribution in [0.2, 0.25) is 0 Å². The summed E-state index contributed by atoms with van der Waals surface area (Å²) in [6, 6.07) is 6.06. The van der Waals surface area contributed by atoms with Crippen molar-refractivity contribution in [1.82, 2.24) is 9.97 Å². The number of halogens is 1. The molecule has 0 saturated heterocycles. The zero-order valence-corrected chi connectivity index (χ0v) is 13.4. The van der Waals surface area contributed by atoms with E-state index in [-0.39, 0.29) is 10.6 Å². The Bertz CT molecular complexity index is 684. The average Bonchev–Trinajstić information content (AvgIpc) is 2.36. The fourth-order valence-electron chi connectivity index (χ4n) is 1.32. The monoisotopic (exact) mass is 358 g/mol. The predicted octanol–water partition coefficient (Wildman–Crippen LogP) is 1.77. The molecule has 0 bridgehead atoms. The number of nitrogens with zero attached hydrogens (tertiary/aromatic N) is 2. The molecule has 0 fully saturated rings. The number of sulfonamides is 1. The van der Waals surface area contributed by atoms with Gasteiger partial charge >= 0.3 is 0 Å². The fraction of sp³-hybridized carbons (Fsp3) is 0.167. The highest BCUT2D eigenvalue weighted by Crippen LogP contribution is 2.15. The molecule has 0 aliphatic heterocycles. The first-order chi connectivity index (χ1) is 9.23. The van der Waals surface area contributed by atoms with Crippen molar-refractivity contribution >= 4 is 31.6 Å². The van der Waals surface area contributed by atoms with Gasteiger partial charge in [-0.1, -0.05) is 12.1 Å². The van der Waals surface area contributed by atoms with Crippen LogP contribution in [0.5, 0.6) is 0 Å². The van der Waals surface area contributed by atoms with Gasteiger partial charge in [0.15, 0.2) is 0 Å². The molecule has 0 saturated carbocycles. The van der Waals surface area contributed by atoms with Gasteiger partial charge in [0.25, 0.3) is 0 Å². The molecule has 4 N–H and O–H groups in total. The summed E-state index contributed by atoms with van der Waals surface area (Å²) in [4.78, 5) is 7.94. The van der Waals surface area contributed by atoms with Crippen molar-refractivity contribution in [3.05, 3.63) is 46.5 Å². The average molecular weight is 359 g/mol. The van der Waals surface area contributed by atoms with Gasteiger partial charge in [0, 0.05) is 0 Å². The summed E-state index contributed by atoms with van der Waals surface area (Å²) in [6.45, 7) is 3.89. The van der Waals surface area contributed by atoms with E-state index in [0.717, 1.165) is 15.9 Å². The molecule has 108 valence electrons. The number of benzene rings is 1. The molecule has 1 aromatic heterocycles. The SMILES string of the molecule is Cc1ncnc(C)c1Br.Nc1ccccc1S(N)(=O)=O. The number of para-hydroxylation sites is 1. The number of rotatable bonds is 1. The van der Waals surface area contributed by atoms with Crippen molar-refractivity contribution in [3.8, 4) is 0 Å². The first-order valence-electron chi connectivity index (χ1n) is 5.54. The summed E-state index contributed by atoms with van der Waals surface area (Å²) in [5.74, 6) is 0. The maximum Gasteiger partial charge on any atom is 0.240 e. The quantitative estimate of drug-likeness (QED) is 0.754. The van der Waals surface area contributed by atoms with Gasteiger partial charge in [0.05, 0.1) is 21.5 Å². The van der Waals surface area contributed by atoms with Crippen LogP contribution in [-0.4, -0.2) is 18.4 Å². The van der Waals surface area contributed by atoms with Gasteiger partial charge in [-0.3, -0.25) is 0 Å². The summed E-state index contributed by atoms with van der Waals surface area (Å²) in [5, 5.41) is 4.85. The lowest BCUT2D eigenvalue weighted by Crippen LogP contribution is -2.13. The molecule has 0 amide bonds. The third-order valence-corrected chi connectivity index (χ3v) is 4.50. The molecule has 1 heterocycles. The molecule has 8 heteroatoms. The molecule has 0 unspecified atom stereocenters. The third kappa shape index (κ3) is 4.55. The molecule has 2 rings (SSSR count). The second-order valence-electron chi connectivity index (χ2n) is 3.94. The Kier molecular flexibility index (Phi) is 5.61. The number of hydrogen-bond acceptors (Lipinski definition) is 5. The van der Waals surface area contributed by atoms with Gasteiger partial charge < -0.3 is 5.73 Å². The Labute approximate surface area is 126 Å². The van der Waals surface area contributed by atoms with E-state index in [9.17, 15) is 8.42 Å². The fourth-order valence-corrected chi connectivity index (χ4v) is 2.19. The number of primary sulfonamides is 1. The number of aryl methyl sites for hydroxylation is 2. The second kappa shape index (κ2) is 6.78. The molecule has 6 nitrogen and oxygen atoms in total. The highest BCUT2D eigenvalue weighted by molar-refractivity contribution is 9.10. The minimum Gasteiger partial charge on any atom is -0.398 e. The van der Waals surface area contributed by atoms with Crippen LogP contribution >= 0.6 is 15.9 Å². The van der Waals surface area contributed by atoms with Crippen molar-refractivity contribution in [2.24, 2.45) is 5.14 Å². The van der Waals surface area contributed by atoms with Gasteiger partial charge in [-0.15, -0.1) is 0 Å². The van der Waals surface area contributed by atoms with Crippen molar-refractivity contribution in [2.75, 3.05) is 5.73 Å². The van der Waals surface area contributed by atoms with Gasteiger partial charge in [-0.2, -0.15) is 0 Å². The van der Waals surface area contributed by atoms with Crippen LogP contribution in [0.15, 0.2) is 40.0 Å². The number of nitrogen functional groups attached to an aromatic ring is 1. The van der Waals surface area contributed by atoms with Crippen molar-refractivity contribution in [1.29, 1.82) is 0 Å². The van der Waals surface area contributed by atoms with Crippen molar-refractivity contribution in [2.45, 2.75) is 18.7 Å². The topological polar surface area (TPSA) is 112 Å². The molecule has 2 aromatic rings. The van der Waals surface area contributed by atoms with Crippen LogP contribution in [0.4, 0.5) is 5.69 Å². The molecular weight excluding hydrogens is 344 g/mol. The lowest BCUT2D eigenvalue weighted by Gasteiger charge is -2.00.